The number of amides is 1. The van der Waals surface area contributed by atoms with Gasteiger partial charge in [-0.15, -0.1) is 11.3 Å². The van der Waals surface area contributed by atoms with Gasteiger partial charge in [0, 0.05) is 32.6 Å². The molecule has 1 amide bonds. The lowest BCUT2D eigenvalue weighted by Crippen LogP contribution is -2.50. The zero-order valence-electron chi connectivity index (χ0n) is 16.4. The number of esters is 1. The van der Waals surface area contributed by atoms with Gasteiger partial charge in [-0.2, -0.15) is 0 Å². The van der Waals surface area contributed by atoms with E-state index in [1.165, 1.54) is 6.07 Å². The Morgan fingerprint density at radius 2 is 1.77 bits per heavy atom. The van der Waals surface area contributed by atoms with Crippen molar-refractivity contribution in [3.63, 3.8) is 0 Å². The van der Waals surface area contributed by atoms with Crippen LogP contribution >= 0.6 is 11.3 Å². The first-order valence-electron chi connectivity index (χ1n) is 9.87. The van der Waals surface area contributed by atoms with Crippen LogP contribution in [0.25, 0.3) is 10.2 Å². The van der Waals surface area contributed by atoms with Gasteiger partial charge in [-0.3, -0.25) is 9.59 Å². The van der Waals surface area contributed by atoms with E-state index in [0.29, 0.717) is 38.3 Å². The highest BCUT2D eigenvalue weighted by Crippen LogP contribution is 2.23. The molecule has 2 heterocycles. The number of piperazine rings is 1. The fourth-order valence-electron chi connectivity index (χ4n) is 3.45. The highest BCUT2D eigenvalue weighted by atomic mass is 32.1. The molecule has 4 rings (SSSR count). The van der Waals surface area contributed by atoms with E-state index in [0.717, 1.165) is 15.2 Å². The van der Waals surface area contributed by atoms with Crippen molar-refractivity contribution < 1.29 is 18.7 Å². The number of anilines is 1. The van der Waals surface area contributed by atoms with Crippen LogP contribution in [0.4, 0.5) is 10.1 Å². The highest BCUT2D eigenvalue weighted by molar-refractivity contribution is 7.18. The molecule has 1 aliphatic heterocycles. The van der Waals surface area contributed by atoms with E-state index in [4.69, 9.17) is 4.74 Å². The standard InChI is InChI=1S/C22H22FN3O3S/c23-16-5-1-3-7-18(16)25-11-13-26(14-12-25)21(27)15-29-22(28)10-9-20-24-17-6-2-4-8-19(17)30-20/h1-8H,9-15H2. The largest absolute Gasteiger partial charge is 0.456 e. The third-order valence-corrected chi connectivity index (χ3v) is 6.16. The minimum atomic E-state index is -0.410. The summed E-state index contributed by atoms with van der Waals surface area (Å²) in [4.78, 5) is 32.4. The average Bonchev–Trinajstić information content (AvgIpc) is 3.19. The van der Waals surface area contributed by atoms with Crippen molar-refractivity contribution in [1.82, 2.24) is 9.88 Å². The van der Waals surface area contributed by atoms with E-state index in [-0.39, 0.29) is 24.8 Å². The molecule has 0 spiro atoms. The number of ether oxygens (including phenoxy) is 1. The van der Waals surface area contributed by atoms with E-state index < -0.39 is 5.97 Å². The van der Waals surface area contributed by atoms with Gasteiger partial charge in [-0.05, 0) is 24.3 Å². The number of hydrogen-bond donors (Lipinski definition) is 0. The van der Waals surface area contributed by atoms with Gasteiger partial charge >= 0.3 is 5.97 Å². The van der Waals surface area contributed by atoms with Gasteiger partial charge in [0.05, 0.1) is 27.3 Å². The van der Waals surface area contributed by atoms with Crippen LogP contribution in [0.2, 0.25) is 0 Å². The summed E-state index contributed by atoms with van der Waals surface area (Å²) in [6, 6.07) is 14.5. The first-order valence-corrected chi connectivity index (χ1v) is 10.7. The second-order valence-electron chi connectivity index (χ2n) is 7.06. The molecular weight excluding hydrogens is 405 g/mol. The maximum atomic E-state index is 13.9. The van der Waals surface area contributed by atoms with Crippen LogP contribution in [0.15, 0.2) is 48.5 Å². The lowest BCUT2D eigenvalue weighted by atomic mass is 10.2. The van der Waals surface area contributed by atoms with Crippen LogP contribution in [0.5, 0.6) is 0 Å². The predicted molar refractivity (Wildman–Crippen MR) is 114 cm³/mol. The molecule has 1 aromatic heterocycles. The topological polar surface area (TPSA) is 62.7 Å². The fraction of sp³-hybridized carbons (Fsp3) is 0.318. The van der Waals surface area contributed by atoms with E-state index in [2.05, 4.69) is 4.98 Å². The van der Waals surface area contributed by atoms with Gasteiger partial charge in [0.15, 0.2) is 6.61 Å². The molecule has 156 valence electrons. The van der Waals surface area contributed by atoms with Crippen LogP contribution in [-0.4, -0.2) is 54.5 Å². The summed E-state index contributed by atoms with van der Waals surface area (Å²) in [7, 11) is 0. The molecule has 30 heavy (non-hydrogen) atoms. The van der Waals surface area contributed by atoms with Crippen molar-refractivity contribution >= 4 is 39.1 Å². The molecule has 1 aliphatic rings. The normalized spacial score (nSPS) is 14.2. The predicted octanol–water partition coefficient (Wildman–Crippen LogP) is 3.26. The summed E-state index contributed by atoms with van der Waals surface area (Å²) in [6.07, 6.45) is 0.682. The number of benzene rings is 2. The van der Waals surface area contributed by atoms with Crippen LogP contribution in [0, 0.1) is 5.82 Å². The van der Waals surface area contributed by atoms with Crippen molar-refractivity contribution in [2.24, 2.45) is 0 Å². The molecule has 6 nitrogen and oxygen atoms in total. The number of hydrogen-bond acceptors (Lipinski definition) is 6. The Labute approximate surface area is 177 Å². The molecule has 1 saturated heterocycles. The summed E-state index contributed by atoms with van der Waals surface area (Å²) < 4.78 is 20.2. The number of thiazole rings is 1. The SMILES string of the molecule is O=C(CCc1nc2ccccc2s1)OCC(=O)N1CCN(c2ccccc2F)CC1. The van der Waals surface area contributed by atoms with Crippen LogP contribution in [0.3, 0.4) is 0 Å². The zero-order chi connectivity index (χ0) is 20.9. The number of halogens is 1. The molecule has 8 heteroatoms. The summed E-state index contributed by atoms with van der Waals surface area (Å²) in [6.45, 7) is 1.75. The smallest absolute Gasteiger partial charge is 0.306 e. The van der Waals surface area contributed by atoms with E-state index in [1.54, 1.807) is 34.4 Å². The van der Waals surface area contributed by atoms with Crippen LogP contribution in [-0.2, 0) is 20.7 Å². The Bertz CT molecular complexity index is 1010. The minimum Gasteiger partial charge on any atom is -0.456 e. The highest BCUT2D eigenvalue weighted by Gasteiger charge is 2.23. The van der Waals surface area contributed by atoms with E-state index in [1.807, 2.05) is 29.2 Å². The van der Waals surface area contributed by atoms with Gasteiger partial charge in [-0.1, -0.05) is 24.3 Å². The van der Waals surface area contributed by atoms with Crippen molar-refractivity contribution in [3.05, 3.63) is 59.4 Å². The fourth-order valence-corrected chi connectivity index (χ4v) is 4.41. The monoisotopic (exact) mass is 427 g/mol. The first-order chi connectivity index (χ1) is 14.6. The number of aryl methyl sites for hydroxylation is 1. The van der Waals surface area contributed by atoms with Crippen LogP contribution in [0.1, 0.15) is 11.4 Å². The minimum absolute atomic E-state index is 0.189. The van der Waals surface area contributed by atoms with Crippen molar-refractivity contribution in [1.29, 1.82) is 0 Å². The van der Waals surface area contributed by atoms with E-state index >= 15 is 0 Å². The lowest BCUT2D eigenvalue weighted by Gasteiger charge is -2.36. The Morgan fingerprint density at radius 3 is 2.53 bits per heavy atom. The molecule has 2 aromatic carbocycles. The summed E-state index contributed by atoms with van der Waals surface area (Å²) >= 11 is 1.56. The van der Waals surface area contributed by atoms with E-state index in [9.17, 15) is 14.0 Å². The Morgan fingerprint density at radius 1 is 1.03 bits per heavy atom. The molecule has 0 radical (unpaired) electrons. The first kappa shape index (κ1) is 20.3. The number of carbonyl (C=O) groups is 2. The lowest BCUT2D eigenvalue weighted by molar-refractivity contribution is -0.152. The quantitative estimate of drug-likeness (QED) is 0.565. The van der Waals surface area contributed by atoms with Crippen molar-refractivity contribution in [2.45, 2.75) is 12.8 Å². The second kappa shape index (κ2) is 9.21. The molecule has 0 N–H and O–H groups in total. The van der Waals surface area contributed by atoms with Gasteiger partial charge < -0.3 is 14.5 Å². The molecule has 3 aromatic rings. The van der Waals surface area contributed by atoms with Crippen molar-refractivity contribution in [2.75, 3.05) is 37.7 Å². The molecule has 0 unspecified atom stereocenters. The third kappa shape index (κ3) is 4.76. The summed E-state index contributed by atoms with van der Waals surface area (Å²) in [5.74, 6) is -0.900. The molecule has 1 fully saturated rings. The Hall–Kier alpha value is -3.00. The number of rotatable bonds is 6. The van der Waals surface area contributed by atoms with Gasteiger partial charge in [0.25, 0.3) is 5.91 Å². The maximum Gasteiger partial charge on any atom is 0.306 e. The van der Waals surface area contributed by atoms with Gasteiger partial charge in [0.1, 0.15) is 5.82 Å². The summed E-state index contributed by atoms with van der Waals surface area (Å²) in [5, 5.41) is 0.878. The number of aromatic nitrogens is 1. The molecule has 0 saturated carbocycles. The number of para-hydroxylation sites is 2. The van der Waals surface area contributed by atoms with Crippen LogP contribution < -0.4 is 4.90 Å². The zero-order valence-corrected chi connectivity index (χ0v) is 17.2. The maximum absolute atomic E-state index is 13.9. The molecular formula is C22H22FN3O3S. The Balaban J connectivity index is 1.20. The van der Waals surface area contributed by atoms with Gasteiger partial charge in [0.2, 0.25) is 0 Å². The van der Waals surface area contributed by atoms with Gasteiger partial charge in [-0.25, -0.2) is 9.37 Å². The number of nitrogens with zero attached hydrogens (tertiary/aromatic N) is 3. The second-order valence-corrected chi connectivity index (χ2v) is 8.17. The summed E-state index contributed by atoms with van der Waals surface area (Å²) in [5.41, 5.74) is 1.47. The molecule has 0 bridgehead atoms. The Kier molecular flexibility index (Phi) is 6.23. The van der Waals surface area contributed by atoms with Crippen molar-refractivity contribution in [3.8, 4) is 0 Å². The molecule has 0 aliphatic carbocycles. The number of carbonyl (C=O) groups excluding carboxylic acids is 2. The third-order valence-electron chi connectivity index (χ3n) is 5.06. The average molecular weight is 428 g/mol. The molecule has 0 atom stereocenters. The number of fused-ring (bicyclic) bond motifs is 1.